The zero-order chi connectivity index (χ0) is 22.7. The van der Waals surface area contributed by atoms with Crippen molar-refractivity contribution in [2.24, 2.45) is 0 Å². The van der Waals surface area contributed by atoms with E-state index in [1.807, 2.05) is 4.57 Å². The highest BCUT2D eigenvalue weighted by Crippen LogP contribution is 2.32. The number of carbonyl (C=O) groups is 1. The summed E-state index contributed by atoms with van der Waals surface area (Å²) < 4.78 is 21.1. The average Bonchev–Trinajstić information content (AvgIpc) is 3.43. The fraction of sp³-hybridized carbons (Fsp3) is 0.318. The second-order valence-corrected chi connectivity index (χ2v) is 9.50. The Morgan fingerprint density at radius 3 is 2.78 bits per heavy atom. The number of nitrogens with zero attached hydrogens (tertiary/aromatic N) is 3. The average molecular weight is 495 g/mol. The molecule has 2 aromatic carbocycles. The summed E-state index contributed by atoms with van der Waals surface area (Å²) >= 11 is 13.5. The van der Waals surface area contributed by atoms with Crippen LogP contribution in [0.2, 0.25) is 10.0 Å². The zero-order valence-electron chi connectivity index (χ0n) is 17.2. The molecular formula is C22H21Cl2FN4O2S. The van der Waals surface area contributed by atoms with Gasteiger partial charge >= 0.3 is 0 Å². The van der Waals surface area contributed by atoms with E-state index in [0.29, 0.717) is 33.3 Å². The summed E-state index contributed by atoms with van der Waals surface area (Å²) in [6.45, 7) is 3.05. The molecule has 2 heterocycles. The molecule has 32 heavy (non-hydrogen) atoms. The van der Waals surface area contributed by atoms with Crippen LogP contribution in [0.4, 0.5) is 10.1 Å². The first kappa shape index (κ1) is 23.0. The third kappa shape index (κ3) is 5.26. The molecule has 0 spiro atoms. The molecule has 0 bridgehead atoms. The summed E-state index contributed by atoms with van der Waals surface area (Å²) in [5.74, 6) is 0.0427. The minimum atomic E-state index is -0.487. The second-order valence-electron chi connectivity index (χ2n) is 7.41. The molecule has 4 rings (SSSR count). The normalized spacial score (nSPS) is 16.8. The van der Waals surface area contributed by atoms with Crippen molar-refractivity contribution in [2.75, 3.05) is 11.9 Å². The van der Waals surface area contributed by atoms with Gasteiger partial charge in [-0.1, -0.05) is 41.0 Å². The highest BCUT2D eigenvalue weighted by atomic mass is 35.5. The van der Waals surface area contributed by atoms with Crippen molar-refractivity contribution >= 4 is 46.6 Å². The standard InChI is InChI=1S/C22H21Cl2FN4O2S/c1-13(21(30)26-18-6-2-5-17(23)19(18)24)32-22-28-27-20(14-7-9-15(25)10-8-14)29(22)12-16-4-3-11-31-16/h2,5-10,13,16H,3-4,11-12H2,1H3,(H,26,30)/t13-,16+/m1/s1. The Balaban J connectivity index is 1.55. The zero-order valence-corrected chi connectivity index (χ0v) is 19.6. The van der Waals surface area contributed by atoms with Gasteiger partial charge in [-0.2, -0.15) is 0 Å². The molecule has 10 heteroatoms. The topological polar surface area (TPSA) is 69.0 Å². The number of ether oxygens (including phenoxy) is 1. The molecule has 2 atom stereocenters. The molecule has 1 aromatic heterocycles. The van der Waals surface area contributed by atoms with Crippen molar-refractivity contribution in [2.45, 2.75) is 42.8 Å². The third-order valence-electron chi connectivity index (χ3n) is 5.09. The molecule has 168 valence electrons. The number of aromatic nitrogens is 3. The van der Waals surface area contributed by atoms with Crippen molar-refractivity contribution in [3.8, 4) is 11.4 Å². The fourth-order valence-corrected chi connectivity index (χ4v) is 4.60. The molecule has 1 aliphatic rings. The molecule has 1 N–H and O–H groups in total. The Morgan fingerprint density at radius 2 is 2.06 bits per heavy atom. The molecule has 6 nitrogen and oxygen atoms in total. The maximum absolute atomic E-state index is 13.4. The summed E-state index contributed by atoms with van der Waals surface area (Å²) in [7, 11) is 0. The van der Waals surface area contributed by atoms with Crippen LogP contribution in [0.1, 0.15) is 19.8 Å². The van der Waals surface area contributed by atoms with Gasteiger partial charge in [0.15, 0.2) is 11.0 Å². The number of carbonyl (C=O) groups excluding carboxylic acids is 1. The van der Waals surface area contributed by atoms with Gasteiger partial charge in [-0.15, -0.1) is 10.2 Å². The number of amides is 1. The van der Waals surface area contributed by atoms with Crippen LogP contribution in [-0.4, -0.2) is 38.6 Å². The molecule has 0 saturated carbocycles. The summed E-state index contributed by atoms with van der Waals surface area (Å²) in [5, 5.41) is 12.2. The van der Waals surface area contributed by atoms with Gasteiger partial charge in [0.05, 0.1) is 33.6 Å². The van der Waals surface area contributed by atoms with E-state index in [-0.39, 0.29) is 17.8 Å². The van der Waals surface area contributed by atoms with Gasteiger partial charge in [-0.3, -0.25) is 9.36 Å². The number of hydrogen-bond donors (Lipinski definition) is 1. The molecule has 0 aliphatic carbocycles. The number of benzene rings is 2. The fourth-order valence-electron chi connectivity index (χ4n) is 3.39. The highest BCUT2D eigenvalue weighted by molar-refractivity contribution is 8.00. The number of thioether (sulfide) groups is 1. The lowest BCUT2D eigenvalue weighted by Gasteiger charge is -2.17. The maximum Gasteiger partial charge on any atom is 0.237 e. The van der Waals surface area contributed by atoms with Crippen molar-refractivity contribution in [3.05, 3.63) is 58.3 Å². The van der Waals surface area contributed by atoms with Gasteiger partial charge < -0.3 is 10.1 Å². The van der Waals surface area contributed by atoms with Gasteiger partial charge in [0, 0.05) is 12.2 Å². The van der Waals surface area contributed by atoms with E-state index in [9.17, 15) is 9.18 Å². The van der Waals surface area contributed by atoms with E-state index >= 15 is 0 Å². The van der Waals surface area contributed by atoms with Crippen LogP contribution in [0.15, 0.2) is 47.6 Å². The van der Waals surface area contributed by atoms with E-state index in [2.05, 4.69) is 15.5 Å². The van der Waals surface area contributed by atoms with Crippen molar-refractivity contribution in [1.82, 2.24) is 14.8 Å². The molecule has 1 amide bonds. The Hall–Kier alpha value is -2.13. The molecule has 3 aromatic rings. The van der Waals surface area contributed by atoms with E-state index < -0.39 is 5.25 Å². The van der Waals surface area contributed by atoms with Gasteiger partial charge in [-0.05, 0) is 56.2 Å². The Kier molecular flexibility index (Phi) is 7.35. The van der Waals surface area contributed by atoms with Crippen LogP contribution < -0.4 is 5.32 Å². The minimum Gasteiger partial charge on any atom is -0.376 e. The summed E-state index contributed by atoms with van der Waals surface area (Å²) in [4.78, 5) is 12.8. The van der Waals surface area contributed by atoms with Gasteiger partial charge in [0.2, 0.25) is 5.91 Å². The van der Waals surface area contributed by atoms with E-state index in [1.54, 1.807) is 37.3 Å². The molecule has 1 fully saturated rings. The van der Waals surface area contributed by atoms with Crippen molar-refractivity contribution < 1.29 is 13.9 Å². The predicted molar refractivity (Wildman–Crippen MR) is 125 cm³/mol. The first-order chi connectivity index (χ1) is 15.4. The lowest BCUT2D eigenvalue weighted by Crippen LogP contribution is -2.24. The largest absolute Gasteiger partial charge is 0.376 e. The van der Waals surface area contributed by atoms with Crippen LogP contribution >= 0.6 is 35.0 Å². The highest BCUT2D eigenvalue weighted by Gasteiger charge is 2.25. The number of rotatable bonds is 7. The van der Waals surface area contributed by atoms with Gasteiger partial charge in [0.1, 0.15) is 5.82 Å². The molecule has 0 radical (unpaired) electrons. The van der Waals surface area contributed by atoms with E-state index in [0.717, 1.165) is 25.0 Å². The predicted octanol–water partition coefficient (Wildman–Crippen LogP) is 5.69. The number of nitrogens with one attached hydrogen (secondary N) is 1. The summed E-state index contributed by atoms with van der Waals surface area (Å²) in [6, 6.07) is 11.2. The van der Waals surface area contributed by atoms with Crippen LogP contribution in [0, 0.1) is 5.82 Å². The van der Waals surface area contributed by atoms with Crippen LogP contribution in [-0.2, 0) is 16.1 Å². The Morgan fingerprint density at radius 1 is 1.28 bits per heavy atom. The van der Waals surface area contributed by atoms with Crippen molar-refractivity contribution in [1.29, 1.82) is 0 Å². The first-order valence-corrected chi connectivity index (χ1v) is 11.8. The van der Waals surface area contributed by atoms with Crippen molar-refractivity contribution in [3.63, 3.8) is 0 Å². The Labute approximate surface area is 199 Å². The van der Waals surface area contributed by atoms with Crippen LogP contribution in [0.5, 0.6) is 0 Å². The van der Waals surface area contributed by atoms with E-state index in [4.69, 9.17) is 27.9 Å². The summed E-state index contributed by atoms with van der Waals surface area (Å²) in [5.41, 5.74) is 1.19. The maximum atomic E-state index is 13.4. The van der Waals surface area contributed by atoms with E-state index in [1.165, 1.54) is 23.9 Å². The number of hydrogen-bond acceptors (Lipinski definition) is 5. The SMILES string of the molecule is C[C@@H](Sc1nnc(-c2ccc(F)cc2)n1C[C@@H]1CCCO1)C(=O)Nc1cccc(Cl)c1Cl. The quantitative estimate of drug-likeness (QED) is 0.427. The molecule has 1 saturated heterocycles. The number of halogens is 3. The van der Waals surface area contributed by atoms with Gasteiger partial charge in [-0.25, -0.2) is 4.39 Å². The van der Waals surface area contributed by atoms with Gasteiger partial charge in [0.25, 0.3) is 0 Å². The van der Waals surface area contributed by atoms with Crippen LogP contribution in [0.3, 0.4) is 0 Å². The number of anilines is 1. The molecular weight excluding hydrogens is 474 g/mol. The smallest absolute Gasteiger partial charge is 0.237 e. The minimum absolute atomic E-state index is 0.0407. The lowest BCUT2D eigenvalue weighted by molar-refractivity contribution is -0.115. The monoisotopic (exact) mass is 494 g/mol. The molecule has 1 aliphatic heterocycles. The summed E-state index contributed by atoms with van der Waals surface area (Å²) in [6.07, 6.45) is 1.98. The molecule has 0 unspecified atom stereocenters. The lowest BCUT2D eigenvalue weighted by atomic mass is 10.2. The third-order valence-corrected chi connectivity index (χ3v) is 6.99. The second kappa shape index (κ2) is 10.2. The first-order valence-electron chi connectivity index (χ1n) is 10.1. The Bertz CT molecular complexity index is 1100. The van der Waals surface area contributed by atoms with Crippen LogP contribution in [0.25, 0.3) is 11.4 Å².